The monoisotopic (exact) mass is 272 g/mol. The van der Waals surface area contributed by atoms with Crippen LogP contribution in [0.5, 0.6) is 0 Å². The first-order valence-electron chi connectivity index (χ1n) is 6.34. The Balaban J connectivity index is 2.32. The van der Waals surface area contributed by atoms with Crippen molar-refractivity contribution in [3.05, 3.63) is 35.6 Å². The number of aromatic carboxylic acids is 1. The molecule has 104 valence electrons. The van der Waals surface area contributed by atoms with E-state index in [0.29, 0.717) is 29.8 Å². The highest BCUT2D eigenvalue weighted by Crippen LogP contribution is 2.26. The van der Waals surface area contributed by atoms with Crippen molar-refractivity contribution in [2.75, 3.05) is 13.6 Å². The Kier molecular flexibility index (Phi) is 4.06. The lowest BCUT2D eigenvalue weighted by Gasteiger charge is -2.16. The van der Waals surface area contributed by atoms with E-state index < -0.39 is 5.97 Å². The molecule has 0 saturated carbocycles. The summed E-state index contributed by atoms with van der Waals surface area (Å²) in [6.45, 7) is 2.75. The zero-order valence-corrected chi connectivity index (χ0v) is 11.5. The lowest BCUT2D eigenvalue weighted by atomic mass is 10.1. The van der Waals surface area contributed by atoms with Crippen molar-refractivity contribution in [1.29, 1.82) is 5.26 Å². The Morgan fingerprint density at radius 2 is 2.20 bits per heavy atom. The molecular formula is C15H16N2O3. The number of rotatable bonds is 5. The van der Waals surface area contributed by atoms with Gasteiger partial charge in [0.1, 0.15) is 16.9 Å². The van der Waals surface area contributed by atoms with Gasteiger partial charge in [0.2, 0.25) is 0 Å². The molecule has 1 heterocycles. The van der Waals surface area contributed by atoms with Crippen molar-refractivity contribution in [3.63, 3.8) is 0 Å². The van der Waals surface area contributed by atoms with Crippen LogP contribution in [0.1, 0.15) is 23.0 Å². The molecule has 5 nitrogen and oxygen atoms in total. The lowest BCUT2D eigenvalue weighted by molar-refractivity contribution is 0.0695. The van der Waals surface area contributed by atoms with Crippen molar-refractivity contribution in [2.45, 2.75) is 13.5 Å². The van der Waals surface area contributed by atoms with Crippen LogP contribution in [0.4, 0.5) is 0 Å². The molecule has 1 atom stereocenters. The number of carboxylic acid groups (broad SMARTS) is 1. The molecule has 0 spiro atoms. The largest absolute Gasteiger partial charge is 0.478 e. The molecule has 20 heavy (non-hydrogen) atoms. The van der Waals surface area contributed by atoms with Crippen LogP contribution < -0.4 is 0 Å². The van der Waals surface area contributed by atoms with Crippen LogP contribution in [-0.2, 0) is 6.54 Å². The van der Waals surface area contributed by atoms with E-state index in [-0.39, 0.29) is 11.5 Å². The first-order valence-corrected chi connectivity index (χ1v) is 6.34. The van der Waals surface area contributed by atoms with Gasteiger partial charge < -0.3 is 9.52 Å². The Hall–Kier alpha value is -2.32. The van der Waals surface area contributed by atoms with Crippen molar-refractivity contribution in [2.24, 2.45) is 5.92 Å². The number of hydrogen-bond acceptors (Lipinski definition) is 4. The highest BCUT2D eigenvalue weighted by atomic mass is 16.4. The molecule has 5 heteroatoms. The van der Waals surface area contributed by atoms with Gasteiger partial charge in [-0.15, -0.1) is 0 Å². The number of fused-ring (bicyclic) bond motifs is 1. The molecule has 1 aromatic carbocycles. The molecule has 0 aliphatic rings. The minimum Gasteiger partial charge on any atom is -0.478 e. The molecular weight excluding hydrogens is 256 g/mol. The average molecular weight is 272 g/mol. The summed E-state index contributed by atoms with van der Waals surface area (Å²) in [7, 11) is 1.84. The molecule has 1 unspecified atom stereocenters. The van der Waals surface area contributed by atoms with E-state index in [2.05, 4.69) is 6.07 Å². The highest BCUT2D eigenvalue weighted by molar-refractivity contribution is 6.03. The third-order valence-corrected chi connectivity index (χ3v) is 3.10. The van der Waals surface area contributed by atoms with Crippen molar-refractivity contribution in [1.82, 2.24) is 4.90 Å². The number of nitrogens with zero attached hydrogens (tertiary/aromatic N) is 2. The topological polar surface area (TPSA) is 77.5 Å². The summed E-state index contributed by atoms with van der Waals surface area (Å²) in [5, 5.41) is 18.8. The van der Waals surface area contributed by atoms with E-state index in [1.54, 1.807) is 18.2 Å². The summed E-state index contributed by atoms with van der Waals surface area (Å²) in [6, 6.07) is 9.25. The third-order valence-electron chi connectivity index (χ3n) is 3.10. The maximum atomic E-state index is 11.4. The number of hydrogen-bond donors (Lipinski definition) is 1. The van der Waals surface area contributed by atoms with Crippen LogP contribution in [0.15, 0.2) is 28.7 Å². The lowest BCUT2D eigenvalue weighted by Crippen LogP contribution is -2.24. The fraction of sp³-hybridized carbons (Fsp3) is 0.333. The van der Waals surface area contributed by atoms with E-state index in [1.165, 1.54) is 0 Å². The fourth-order valence-corrected chi connectivity index (χ4v) is 2.26. The summed E-state index contributed by atoms with van der Waals surface area (Å²) in [5.74, 6) is -0.685. The van der Waals surface area contributed by atoms with Crippen molar-refractivity contribution < 1.29 is 14.3 Å². The summed E-state index contributed by atoms with van der Waals surface area (Å²) in [4.78, 5) is 13.3. The smallest absolute Gasteiger partial charge is 0.339 e. The second-order valence-electron chi connectivity index (χ2n) is 4.93. The van der Waals surface area contributed by atoms with Crippen LogP contribution in [0.3, 0.4) is 0 Å². The van der Waals surface area contributed by atoms with Crippen LogP contribution in [0.25, 0.3) is 11.0 Å². The van der Waals surface area contributed by atoms with E-state index in [0.717, 1.165) is 0 Å². The number of nitriles is 1. The third kappa shape index (κ3) is 2.81. The first-order chi connectivity index (χ1) is 9.52. The second kappa shape index (κ2) is 5.76. The van der Waals surface area contributed by atoms with Crippen molar-refractivity contribution in [3.8, 4) is 6.07 Å². The minimum atomic E-state index is -0.994. The molecule has 0 bridgehead atoms. The summed E-state index contributed by atoms with van der Waals surface area (Å²) in [5.41, 5.74) is 0.777. The van der Waals surface area contributed by atoms with E-state index in [9.17, 15) is 9.90 Å². The van der Waals surface area contributed by atoms with Crippen LogP contribution >= 0.6 is 0 Å². The molecule has 2 aromatic rings. The zero-order valence-electron chi connectivity index (χ0n) is 11.5. The van der Waals surface area contributed by atoms with Gasteiger partial charge in [-0.2, -0.15) is 5.26 Å². The molecule has 0 aliphatic heterocycles. The van der Waals surface area contributed by atoms with Gasteiger partial charge in [-0.05, 0) is 20.0 Å². The summed E-state index contributed by atoms with van der Waals surface area (Å²) in [6.07, 6.45) is 0. The summed E-state index contributed by atoms with van der Waals surface area (Å²) >= 11 is 0. The van der Waals surface area contributed by atoms with Gasteiger partial charge in [-0.1, -0.05) is 18.2 Å². The number of furan rings is 1. The number of carbonyl (C=O) groups is 1. The van der Waals surface area contributed by atoms with Gasteiger partial charge in [-0.25, -0.2) is 4.79 Å². The predicted octanol–water partition coefficient (Wildman–Crippen LogP) is 2.72. The molecule has 0 radical (unpaired) electrons. The van der Waals surface area contributed by atoms with Crippen LogP contribution in [0.2, 0.25) is 0 Å². The SMILES string of the molecule is CC(C#N)CN(C)Cc1oc2ccccc2c1C(=O)O. The van der Waals surface area contributed by atoms with Crippen LogP contribution in [-0.4, -0.2) is 29.6 Å². The molecule has 0 saturated heterocycles. The average Bonchev–Trinajstić information content (AvgIpc) is 2.75. The molecule has 2 rings (SSSR count). The molecule has 1 N–H and O–H groups in total. The van der Waals surface area contributed by atoms with Gasteiger partial charge in [0.15, 0.2) is 0 Å². The second-order valence-corrected chi connectivity index (χ2v) is 4.93. The highest BCUT2D eigenvalue weighted by Gasteiger charge is 2.21. The van der Waals surface area contributed by atoms with Crippen LogP contribution in [0, 0.1) is 17.2 Å². The Morgan fingerprint density at radius 3 is 2.85 bits per heavy atom. The van der Waals surface area contributed by atoms with E-state index in [4.69, 9.17) is 9.68 Å². The Labute approximate surface area is 117 Å². The Morgan fingerprint density at radius 1 is 1.50 bits per heavy atom. The van der Waals surface area contributed by atoms with E-state index in [1.807, 2.05) is 24.9 Å². The normalized spacial score (nSPS) is 12.5. The maximum Gasteiger partial charge on any atom is 0.339 e. The molecule has 1 aromatic heterocycles. The standard InChI is InChI=1S/C15H16N2O3/c1-10(7-16)8-17(2)9-13-14(15(18)19)11-5-3-4-6-12(11)20-13/h3-6,10H,8-9H2,1-2H3,(H,18,19). The van der Waals surface area contributed by atoms with E-state index >= 15 is 0 Å². The van der Waals surface area contributed by atoms with Gasteiger partial charge in [0.05, 0.1) is 18.5 Å². The van der Waals surface area contributed by atoms with Gasteiger partial charge in [0, 0.05) is 11.9 Å². The van der Waals surface area contributed by atoms with Gasteiger partial charge >= 0.3 is 5.97 Å². The summed E-state index contributed by atoms with van der Waals surface area (Å²) < 4.78 is 5.64. The molecule has 0 aliphatic carbocycles. The zero-order chi connectivity index (χ0) is 14.7. The fourth-order valence-electron chi connectivity index (χ4n) is 2.26. The number of carboxylic acids is 1. The number of para-hydroxylation sites is 1. The number of benzene rings is 1. The Bertz CT molecular complexity index is 669. The van der Waals surface area contributed by atoms with Crippen molar-refractivity contribution >= 4 is 16.9 Å². The predicted molar refractivity (Wildman–Crippen MR) is 74.3 cm³/mol. The quantitative estimate of drug-likeness (QED) is 0.905. The van der Waals surface area contributed by atoms with Gasteiger partial charge in [0.25, 0.3) is 0 Å². The maximum absolute atomic E-state index is 11.4. The minimum absolute atomic E-state index is 0.113. The molecule has 0 fully saturated rings. The first kappa shape index (κ1) is 14.1. The van der Waals surface area contributed by atoms with Gasteiger partial charge in [-0.3, -0.25) is 4.90 Å². The molecule has 0 amide bonds.